The van der Waals surface area contributed by atoms with Crippen LogP contribution in [-0.2, 0) is 9.59 Å². The lowest BCUT2D eigenvalue weighted by Crippen LogP contribution is -2.13. The van der Waals surface area contributed by atoms with Crippen LogP contribution in [0.4, 0.5) is 0 Å². The van der Waals surface area contributed by atoms with E-state index >= 15 is 0 Å². The molecule has 0 aliphatic rings. The summed E-state index contributed by atoms with van der Waals surface area (Å²) in [4.78, 5) is 21.0. The lowest BCUT2D eigenvalue weighted by molar-refractivity contribution is -0.124. The molecule has 0 N–H and O–H groups in total. The number of rotatable bonds is 3. The van der Waals surface area contributed by atoms with Crippen LogP contribution in [0.2, 0.25) is 0 Å². The third-order valence-corrected chi connectivity index (χ3v) is 1.95. The van der Waals surface area contributed by atoms with E-state index < -0.39 is 0 Å². The Morgan fingerprint density at radius 2 is 0.929 bits per heavy atom. The molecule has 0 amide bonds. The molecule has 0 radical (unpaired) electrons. The predicted octanol–water partition coefficient (Wildman–Crippen LogP) is 3.10. The molecule has 0 spiro atoms. The lowest BCUT2D eigenvalue weighted by Gasteiger charge is -2.05. The van der Waals surface area contributed by atoms with E-state index in [0.717, 1.165) is 0 Å². The minimum Gasteiger partial charge on any atom is -0.300 e. The summed E-state index contributed by atoms with van der Waals surface area (Å²) in [6.45, 7) is 13.1. The molecule has 0 saturated carbocycles. The second-order valence-corrected chi connectivity index (χ2v) is 4.48. The fourth-order valence-electron chi connectivity index (χ4n) is 0.667. The minimum absolute atomic E-state index is 0.204. The molecule has 2 nitrogen and oxygen atoms in total. The lowest BCUT2D eigenvalue weighted by atomic mass is 9.99. The van der Waals surface area contributed by atoms with Gasteiger partial charge in [-0.2, -0.15) is 0 Å². The summed E-state index contributed by atoms with van der Waals surface area (Å²) in [5.41, 5.74) is 0. The molecule has 0 saturated heterocycles. The first kappa shape index (κ1) is 15.8. The van der Waals surface area contributed by atoms with Crippen LogP contribution in [-0.4, -0.2) is 11.6 Å². The van der Waals surface area contributed by atoms with Gasteiger partial charge in [-0.1, -0.05) is 41.5 Å². The summed E-state index contributed by atoms with van der Waals surface area (Å²) < 4.78 is 0. The normalized spacial score (nSPS) is 10.1. The van der Waals surface area contributed by atoms with Gasteiger partial charge in [-0.05, 0) is 6.92 Å². The van der Waals surface area contributed by atoms with Crippen LogP contribution in [0.15, 0.2) is 0 Å². The SMILES string of the molecule is CC(=O)C(C)C.CC(C)C(=O)C(C)C. The Morgan fingerprint density at radius 3 is 0.929 bits per heavy atom. The van der Waals surface area contributed by atoms with Gasteiger partial charge in [0.1, 0.15) is 11.6 Å². The molecule has 0 aromatic rings. The van der Waals surface area contributed by atoms with E-state index in [4.69, 9.17) is 0 Å². The number of hydrogen-bond acceptors (Lipinski definition) is 2. The summed E-state index contributed by atoms with van der Waals surface area (Å²) in [6.07, 6.45) is 0. The van der Waals surface area contributed by atoms with Crippen molar-refractivity contribution in [2.45, 2.75) is 48.5 Å². The van der Waals surface area contributed by atoms with E-state index in [1.165, 1.54) is 0 Å². The van der Waals surface area contributed by atoms with Crippen LogP contribution >= 0.6 is 0 Å². The van der Waals surface area contributed by atoms with E-state index in [1.807, 2.05) is 41.5 Å². The Labute approximate surface area is 88.1 Å². The highest BCUT2D eigenvalue weighted by Crippen LogP contribution is 2.03. The monoisotopic (exact) mass is 200 g/mol. The van der Waals surface area contributed by atoms with E-state index in [9.17, 15) is 9.59 Å². The standard InChI is InChI=1S/C7H14O.C5H10O/c1-5(2)7(8)6(3)4;1-4(2)5(3)6/h5-6H,1-4H3;4H,1-3H3. The highest BCUT2D eigenvalue weighted by molar-refractivity contribution is 5.82. The Bertz CT molecular complexity index is 169. The zero-order valence-electron chi connectivity index (χ0n) is 10.5. The molecule has 0 aliphatic carbocycles. The number of carbonyl (C=O) groups is 2. The summed E-state index contributed by atoms with van der Waals surface area (Å²) in [6, 6.07) is 0. The van der Waals surface area contributed by atoms with Gasteiger partial charge < -0.3 is 0 Å². The first-order chi connectivity index (χ1) is 6.20. The van der Waals surface area contributed by atoms with Crippen molar-refractivity contribution in [3.8, 4) is 0 Å². The summed E-state index contributed by atoms with van der Waals surface area (Å²) >= 11 is 0. The van der Waals surface area contributed by atoms with Crippen LogP contribution < -0.4 is 0 Å². The first-order valence-corrected chi connectivity index (χ1v) is 5.24. The van der Waals surface area contributed by atoms with Gasteiger partial charge in [-0.15, -0.1) is 0 Å². The molecular weight excluding hydrogens is 176 g/mol. The molecule has 0 bridgehead atoms. The van der Waals surface area contributed by atoms with E-state index in [0.29, 0.717) is 5.78 Å². The molecule has 2 heteroatoms. The van der Waals surface area contributed by atoms with Crippen molar-refractivity contribution in [1.82, 2.24) is 0 Å². The third-order valence-electron chi connectivity index (χ3n) is 1.95. The largest absolute Gasteiger partial charge is 0.300 e. The highest BCUT2D eigenvalue weighted by atomic mass is 16.1. The Hall–Kier alpha value is -0.660. The molecule has 0 aromatic heterocycles. The fraction of sp³-hybridized carbons (Fsp3) is 0.833. The number of Topliss-reactive ketones (excluding diaryl/α,β-unsaturated/α-hetero) is 2. The first-order valence-electron chi connectivity index (χ1n) is 5.24. The quantitative estimate of drug-likeness (QED) is 0.701. The van der Waals surface area contributed by atoms with E-state index in [-0.39, 0.29) is 23.5 Å². The average molecular weight is 200 g/mol. The van der Waals surface area contributed by atoms with Crippen molar-refractivity contribution in [2.24, 2.45) is 17.8 Å². The molecule has 14 heavy (non-hydrogen) atoms. The van der Waals surface area contributed by atoms with Gasteiger partial charge in [-0.3, -0.25) is 9.59 Å². The van der Waals surface area contributed by atoms with E-state index in [1.54, 1.807) is 6.92 Å². The molecule has 0 rings (SSSR count). The van der Waals surface area contributed by atoms with Crippen molar-refractivity contribution in [3.63, 3.8) is 0 Å². The molecule has 0 unspecified atom stereocenters. The van der Waals surface area contributed by atoms with Gasteiger partial charge in [-0.25, -0.2) is 0 Å². The third kappa shape index (κ3) is 9.43. The molecular formula is C12H24O2. The Morgan fingerprint density at radius 1 is 0.714 bits per heavy atom. The van der Waals surface area contributed by atoms with Crippen LogP contribution in [0.25, 0.3) is 0 Å². The average Bonchev–Trinajstić information content (AvgIpc) is 2.03. The van der Waals surface area contributed by atoms with E-state index in [2.05, 4.69) is 0 Å². The maximum atomic E-state index is 10.8. The van der Waals surface area contributed by atoms with Gasteiger partial charge in [0.25, 0.3) is 0 Å². The molecule has 0 aromatic carbocycles. The number of carbonyl (C=O) groups excluding carboxylic acids is 2. The van der Waals surface area contributed by atoms with Crippen LogP contribution in [0.1, 0.15) is 48.5 Å². The van der Waals surface area contributed by atoms with Crippen LogP contribution in [0, 0.1) is 17.8 Å². The minimum atomic E-state index is 0.204. The van der Waals surface area contributed by atoms with Crippen LogP contribution in [0.3, 0.4) is 0 Å². The molecule has 84 valence electrons. The second-order valence-electron chi connectivity index (χ2n) is 4.48. The summed E-state index contributed by atoms with van der Waals surface area (Å²) in [5, 5.41) is 0. The smallest absolute Gasteiger partial charge is 0.137 e. The topological polar surface area (TPSA) is 34.1 Å². The maximum Gasteiger partial charge on any atom is 0.137 e. The van der Waals surface area contributed by atoms with Crippen LogP contribution in [0.5, 0.6) is 0 Å². The zero-order valence-corrected chi connectivity index (χ0v) is 10.5. The van der Waals surface area contributed by atoms with Gasteiger partial charge >= 0.3 is 0 Å². The summed E-state index contributed by atoms with van der Waals surface area (Å²) in [7, 11) is 0. The predicted molar refractivity (Wildman–Crippen MR) is 60.2 cm³/mol. The molecule has 0 atom stereocenters. The van der Waals surface area contributed by atoms with Gasteiger partial charge in [0.05, 0.1) is 0 Å². The Balaban J connectivity index is 0. The van der Waals surface area contributed by atoms with Crippen molar-refractivity contribution in [1.29, 1.82) is 0 Å². The van der Waals surface area contributed by atoms with Crippen molar-refractivity contribution in [3.05, 3.63) is 0 Å². The Kier molecular flexibility index (Phi) is 8.71. The maximum absolute atomic E-state index is 10.8. The van der Waals surface area contributed by atoms with Crippen molar-refractivity contribution in [2.75, 3.05) is 0 Å². The molecule has 0 fully saturated rings. The number of hydrogen-bond donors (Lipinski definition) is 0. The molecule has 0 aliphatic heterocycles. The van der Waals surface area contributed by atoms with Gasteiger partial charge in [0.2, 0.25) is 0 Å². The second kappa shape index (κ2) is 7.72. The zero-order chi connectivity index (χ0) is 11.9. The van der Waals surface area contributed by atoms with Crippen molar-refractivity contribution >= 4 is 11.6 Å². The highest BCUT2D eigenvalue weighted by Gasteiger charge is 2.09. The molecule has 0 heterocycles. The van der Waals surface area contributed by atoms with Crippen molar-refractivity contribution < 1.29 is 9.59 Å². The fourth-order valence-corrected chi connectivity index (χ4v) is 0.667. The van der Waals surface area contributed by atoms with Gasteiger partial charge in [0.15, 0.2) is 0 Å². The van der Waals surface area contributed by atoms with Gasteiger partial charge in [0, 0.05) is 17.8 Å². The summed E-state index contributed by atoms with van der Waals surface area (Å²) in [5.74, 6) is 1.23. The number of ketones is 2.